The Morgan fingerprint density at radius 2 is 1.82 bits per heavy atom. The standard InChI is InChI=1S/C22H19BrN2O3/c23-16-10-11-21(24-14-16)28-18-12-13-25(15-18)22(26)19-8-4-5-9-20(19)27-17-6-2-1-3-7-17/h1-11,14,18H,12-13,15H2. The Labute approximate surface area is 172 Å². The smallest absolute Gasteiger partial charge is 0.257 e. The predicted octanol–water partition coefficient (Wildman–Crippen LogP) is 4.93. The number of aromatic nitrogens is 1. The van der Waals surface area contributed by atoms with Crippen molar-refractivity contribution in [3.05, 3.63) is 83.0 Å². The van der Waals surface area contributed by atoms with E-state index < -0.39 is 0 Å². The molecule has 0 saturated carbocycles. The Morgan fingerprint density at radius 1 is 1.04 bits per heavy atom. The zero-order valence-electron chi connectivity index (χ0n) is 15.1. The van der Waals surface area contributed by atoms with Gasteiger partial charge < -0.3 is 14.4 Å². The van der Waals surface area contributed by atoms with Gasteiger partial charge in [0, 0.05) is 29.7 Å². The Hall–Kier alpha value is -2.86. The van der Waals surface area contributed by atoms with Gasteiger partial charge in [0.1, 0.15) is 17.6 Å². The van der Waals surface area contributed by atoms with Gasteiger partial charge in [-0.05, 0) is 46.3 Å². The highest BCUT2D eigenvalue weighted by molar-refractivity contribution is 9.10. The van der Waals surface area contributed by atoms with E-state index >= 15 is 0 Å². The van der Waals surface area contributed by atoms with Crippen LogP contribution in [0.4, 0.5) is 0 Å². The van der Waals surface area contributed by atoms with Gasteiger partial charge >= 0.3 is 0 Å². The molecule has 0 N–H and O–H groups in total. The van der Waals surface area contributed by atoms with Crippen LogP contribution >= 0.6 is 15.9 Å². The number of ether oxygens (including phenoxy) is 2. The molecule has 2 heterocycles. The summed E-state index contributed by atoms with van der Waals surface area (Å²) in [4.78, 5) is 19.1. The van der Waals surface area contributed by atoms with Crippen molar-refractivity contribution in [2.24, 2.45) is 0 Å². The van der Waals surface area contributed by atoms with Crippen LogP contribution in [-0.4, -0.2) is 35.0 Å². The third-order valence-corrected chi connectivity index (χ3v) is 4.98. The molecule has 1 aliphatic rings. The molecule has 1 amide bonds. The highest BCUT2D eigenvalue weighted by atomic mass is 79.9. The Balaban J connectivity index is 1.44. The Bertz CT molecular complexity index is 948. The van der Waals surface area contributed by atoms with Gasteiger partial charge in [0.25, 0.3) is 5.91 Å². The summed E-state index contributed by atoms with van der Waals surface area (Å²) in [7, 11) is 0. The van der Waals surface area contributed by atoms with Gasteiger partial charge in [-0.15, -0.1) is 0 Å². The van der Waals surface area contributed by atoms with E-state index in [-0.39, 0.29) is 12.0 Å². The summed E-state index contributed by atoms with van der Waals surface area (Å²) >= 11 is 3.36. The highest BCUT2D eigenvalue weighted by Gasteiger charge is 2.30. The van der Waals surface area contributed by atoms with Crippen molar-refractivity contribution in [2.75, 3.05) is 13.1 Å². The molecule has 1 atom stereocenters. The van der Waals surface area contributed by atoms with Gasteiger partial charge in [0.2, 0.25) is 5.88 Å². The van der Waals surface area contributed by atoms with E-state index in [0.717, 1.165) is 10.9 Å². The van der Waals surface area contributed by atoms with Gasteiger partial charge in [-0.3, -0.25) is 4.79 Å². The third kappa shape index (κ3) is 4.34. The van der Waals surface area contributed by atoms with Crippen molar-refractivity contribution in [2.45, 2.75) is 12.5 Å². The minimum atomic E-state index is -0.0696. The van der Waals surface area contributed by atoms with Crippen LogP contribution in [0.25, 0.3) is 0 Å². The highest BCUT2D eigenvalue weighted by Crippen LogP contribution is 2.27. The second-order valence-electron chi connectivity index (χ2n) is 6.51. The van der Waals surface area contributed by atoms with E-state index in [0.29, 0.717) is 36.0 Å². The number of likely N-dealkylation sites (tertiary alicyclic amines) is 1. The number of halogens is 1. The van der Waals surface area contributed by atoms with Crippen molar-refractivity contribution >= 4 is 21.8 Å². The van der Waals surface area contributed by atoms with Crippen LogP contribution in [0, 0.1) is 0 Å². The molecule has 3 aromatic rings. The molecule has 142 valence electrons. The van der Waals surface area contributed by atoms with Crippen LogP contribution in [0.3, 0.4) is 0 Å². The second kappa shape index (κ2) is 8.44. The first-order chi connectivity index (χ1) is 13.7. The summed E-state index contributed by atoms with van der Waals surface area (Å²) in [6.45, 7) is 1.16. The first-order valence-electron chi connectivity index (χ1n) is 9.08. The predicted molar refractivity (Wildman–Crippen MR) is 110 cm³/mol. The molecule has 28 heavy (non-hydrogen) atoms. The van der Waals surface area contributed by atoms with Crippen molar-refractivity contribution in [1.29, 1.82) is 0 Å². The zero-order valence-corrected chi connectivity index (χ0v) is 16.7. The fourth-order valence-electron chi connectivity index (χ4n) is 3.13. The van der Waals surface area contributed by atoms with Gasteiger partial charge in [-0.1, -0.05) is 30.3 Å². The van der Waals surface area contributed by atoms with E-state index in [2.05, 4.69) is 20.9 Å². The van der Waals surface area contributed by atoms with E-state index in [9.17, 15) is 4.79 Å². The largest absolute Gasteiger partial charge is 0.472 e. The summed E-state index contributed by atoms with van der Waals surface area (Å²) < 4.78 is 12.7. The molecule has 2 aromatic carbocycles. The number of amides is 1. The minimum Gasteiger partial charge on any atom is -0.472 e. The van der Waals surface area contributed by atoms with Gasteiger partial charge in [0.15, 0.2) is 0 Å². The Kier molecular flexibility index (Phi) is 5.58. The number of rotatable bonds is 5. The van der Waals surface area contributed by atoms with Gasteiger partial charge in [0.05, 0.1) is 12.1 Å². The molecule has 1 fully saturated rings. The molecule has 0 aliphatic carbocycles. The lowest BCUT2D eigenvalue weighted by Crippen LogP contribution is -2.31. The minimum absolute atomic E-state index is 0.0543. The maximum atomic E-state index is 13.1. The van der Waals surface area contributed by atoms with Gasteiger partial charge in [-0.25, -0.2) is 4.98 Å². The summed E-state index contributed by atoms with van der Waals surface area (Å²) in [6, 6.07) is 20.5. The summed E-state index contributed by atoms with van der Waals surface area (Å²) in [5, 5.41) is 0. The first-order valence-corrected chi connectivity index (χ1v) is 9.88. The van der Waals surface area contributed by atoms with E-state index in [1.165, 1.54) is 0 Å². The van der Waals surface area contributed by atoms with Crippen molar-refractivity contribution in [1.82, 2.24) is 9.88 Å². The average Bonchev–Trinajstić information content (AvgIpc) is 3.19. The van der Waals surface area contributed by atoms with E-state index in [1.54, 1.807) is 17.2 Å². The van der Waals surface area contributed by atoms with Crippen LogP contribution in [0.5, 0.6) is 17.4 Å². The summed E-state index contributed by atoms with van der Waals surface area (Å²) in [5.74, 6) is 1.76. The number of nitrogens with zero attached hydrogens (tertiary/aromatic N) is 2. The number of carbonyl (C=O) groups is 1. The summed E-state index contributed by atoms with van der Waals surface area (Å²) in [5.41, 5.74) is 0.550. The number of hydrogen-bond donors (Lipinski definition) is 0. The maximum Gasteiger partial charge on any atom is 0.257 e. The van der Waals surface area contributed by atoms with Crippen LogP contribution in [-0.2, 0) is 0 Å². The van der Waals surface area contributed by atoms with Crippen LogP contribution < -0.4 is 9.47 Å². The third-order valence-electron chi connectivity index (χ3n) is 4.51. The molecule has 1 unspecified atom stereocenters. The molecule has 0 spiro atoms. The normalized spacial score (nSPS) is 16.0. The molecule has 5 nitrogen and oxygen atoms in total. The van der Waals surface area contributed by atoms with Crippen LogP contribution in [0.2, 0.25) is 0 Å². The molecule has 0 bridgehead atoms. The lowest BCUT2D eigenvalue weighted by molar-refractivity contribution is 0.0768. The molecule has 1 aromatic heterocycles. The zero-order chi connectivity index (χ0) is 19.3. The Morgan fingerprint density at radius 3 is 2.61 bits per heavy atom. The van der Waals surface area contributed by atoms with Crippen molar-refractivity contribution in [3.8, 4) is 17.4 Å². The SMILES string of the molecule is O=C(c1ccccc1Oc1ccccc1)N1CCC(Oc2ccc(Br)cn2)C1. The fraction of sp³-hybridized carbons (Fsp3) is 0.182. The quantitative estimate of drug-likeness (QED) is 0.566. The number of benzene rings is 2. The van der Waals surface area contributed by atoms with Crippen LogP contribution in [0.1, 0.15) is 16.8 Å². The molecule has 6 heteroatoms. The van der Waals surface area contributed by atoms with Crippen molar-refractivity contribution in [3.63, 3.8) is 0 Å². The van der Waals surface area contributed by atoms with Crippen LogP contribution in [0.15, 0.2) is 77.4 Å². The average molecular weight is 439 g/mol. The van der Waals surface area contributed by atoms with E-state index in [4.69, 9.17) is 9.47 Å². The number of para-hydroxylation sites is 2. The monoisotopic (exact) mass is 438 g/mol. The lowest BCUT2D eigenvalue weighted by atomic mass is 10.1. The number of carbonyl (C=O) groups excluding carboxylic acids is 1. The van der Waals surface area contributed by atoms with E-state index in [1.807, 2.05) is 60.7 Å². The lowest BCUT2D eigenvalue weighted by Gasteiger charge is -2.19. The summed E-state index contributed by atoms with van der Waals surface area (Å²) in [6.07, 6.45) is 2.40. The molecular weight excluding hydrogens is 420 g/mol. The maximum absolute atomic E-state index is 13.1. The van der Waals surface area contributed by atoms with Crippen molar-refractivity contribution < 1.29 is 14.3 Å². The molecule has 1 aliphatic heterocycles. The molecular formula is C22H19BrN2O3. The molecule has 4 rings (SSSR count). The first kappa shape index (κ1) is 18.5. The number of pyridine rings is 1. The topological polar surface area (TPSA) is 51.7 Å². The number of hydrogen-bond acceptors (Lipinski definition) is 4. The fourth-order valence-corrected chi connectivity index (χ4v) is 3.36. The second-order valence-corrected chi connectivity index (χ2v) is 7.42. The molecule has 0 radical (unpaired) electrons. The molecule has 1 saturated heterocycles. The van der Waals surface area contributed by atoms with Gasteiger partial charge in [-0.2, -0.15) is 0 Å².